The van der Waals surface area contributed by atoms with E-state index < -0.39 is 16.1 Å². The normalized spacial score (nSPS) is 11.7. The molecule has 160 valence electrons. The summed E-state index contributed by atoms with van der Waals surface area (Å²) in [7, 11) is -3.90. The van der Waals surface area contributed by atoms with Crippen LogP contribution in [0.5, 0.6) is 0 Å². The Morgan fingerprint density at radius 1 is 1.17 bits per heavy atom. The largest absolute Gasteiger partial charge is 0.324 e. The average molecular weight is 449 g/mol. The zero-order valence-electron chi connectivity index (χ0n) is 17.2. The number of benzene rings is 2. The van der Waals surface area contributed by atoms with Crippen molar-refractivity contribution < 1.29 is 13.2 Å². The standard InChI is InChI=1S/C21H25ClN4O3S/c1-4-10-23-30(28,29)25-21(27)16-8-9-19-20(12-16)26(14(3)24-19)13-17-7-6-15(5-2)11-18(17)22/h6-9,11-12,23H,4-5,10,13H2,1-3H3,(H,25,27). The maximum absolute atomic E-state index is 12.5. The van der Waals surface area contributed by atoms with Gasteiger partial charge < -0.3 is 4.57 Å². The molecule has 9 heteroatoms. The summed E-state index contributed by atoms with van der Waals surface area (Å²) >= 11 is 6.45. The van der Waals surface area contributed by atoms with Crippen LogP contribution in [0.15, 0.2) is 36.4 Å². The Kier molecular flexibility index (Phi) is 6.80. The maximum Gasteiger partial charge on any atom is 0.301 e. The summed E-state index contributed by atoms with van der Waals surface area (Å²) in [6, 6.07) is 10.9. The van der Waals surface area contributed by atoms with E-state index in [0.717, 1.165) is 34.4 Å². The molecular weight excluding hydrogens is 424 g/mol. The summed E-state index contributed by atoms with van der Waals surface area (Å²) < 4.78 is 30.2. The Morgan fingerprint density at radius 2 is 1.93 bits per heavy atom. The molecule has 1 heterocycles. The third-order valence-electron chi connectivity index (χ3n) is 4.82. The molecule has 3 rings (SSSR count). The van der Waals surface area contributed by atoms with Gasteiger partial charge in [0.05, 0.1) is 17.6 Å². The number of nitrogens with one attached hydrogen (secondary N) is 2. The van der Waals surface area contributed by atoms with Gasteiger partial charge in [0, 0.05) is 17.1 Å². The van der Waals surface area contributed by atoms with Gasteiger partial charge in [0.1, 0.15) is 5.82 Å². The monoisotopic (exact) mass is 448 g/mol. The van der Waals surface area contributed by atoms with E-state index in [1.807, 2.05) is 41.3 Å². The van der Waals surface area contributed by atoms with Crippen molar-refractivity contribution in [2.75, 3.05) is 6.54 Å². The number of aromatic nitrogens is 2. The van der Waals surface area contributed by atoms with Crippen molar-refractivity contribution in [3.8, 4) is 0 Å². The van der Waals surface area contributed by atoms with E-state index >= 15 is 0 Å². The van der Waals surface area contributed by atoms with Crippen molar-refractivity contribution in [1.29, 1.82) is 0 Å². The molecule has 0 aliphatic heterocycles. The van der Waals surface area contributed by atoms with Gasteiger partial charge in [0.15, 0.2) is 0 Å². The van der Waals surface area contributed by atoms with Crippen molar-refractivity contribution in [3.05, 3.63) is 63.9 Å². The van der Waals surface area contributed by atoms with E-state index in [-0.39, 0.29) is 12.1 Å². The molecule has 0 atom stereocenters. The fourth-order valence-electron chi connectivity index (χ4n) is 3.15. The molecule has 0 aliphatic carbocycles. The first kappa shape index (κ1) is 22.3. The van der Waals surface area contributed by atoms with Crippen molar-refractivity contribution in [2.24, 2.45) is 0 Å². The van der Waals surface area contributed by atoms with Crippen molar-refractivity contribution in [3.63, 3.8) is 0 Å². The molecule has 3 aromatic rings. The quantitative estimate of drug-likeness (QED) is 0.550. The molecule has 2 N–H and O–H groups in total. The van der Waals surface area contributed by atoms with Crippen LogP contribution < -0.4 is 9.44 Å². The SMILES string of the molecule is CCCNS(=O)(=O)NC(=O)c1ccc2nc(C)n(Cc3ccc(CC)cc3Cl)c2c1. The highest BCUT2D eigenvalue weighted by Crippen LogP contribution is 2.24. The molecule has 0 aliphatic rings. The number of nitrogens with zero attached hydrogens (tertiary/aromatic N) is 2. The van der Waals surface area contributed by atoms with Gasteiger partial charge in [-0.25, -0.2) is 9.71 Å². The van der Waals surface area contributed by atoms with Crippen LogP contribution in [-0.2, 0) is 23.2 Å². The predicted molar refractivity (Wildman–Crippen MR) is 119 cm³/mol. The van der Waals surface area contributed by atoms with Crippen LogP contribution in [0, 0.1) is 6.92 Å². The van der Waals surface area contributed by atoms with Crippen molar-refractivity contribution in [2.45, 2.75) is 40.2 Å². The maximum atomic E-state index is 12.5. The van der Waals surface area contributed by atoms with E-state index in [1.54, 1.807) is 18.2 Å². The van der Waals surface area contributed by atoms with Gasteiger partial charge in [0.25, 0.3) is 5.91 Å². The van der Waals surface area contributed by atoms with Gasteiger partial charge in [-0.2, -0.15) is 13.1 Å². The summed E-state index contributed by atoms with van der Waals surface area (Å²) in [6.45, 7) is 6.54. The molecule has 0 radical (unpaired) electrons. The Labute approximate surface area is 181 Å². The van der Waals surface area contributed by atoms with Gasteiger partial charge in [-0.15, -0.1) is 0 Å². The first-order valence-electron chi connectivity index (χ1n) is 9.80. The topological polar surface area (TPSA) is 93.1 Å². The van der Waals surface area contributed by atoms with Crippen LogP contribution in [-0.4, -0.2) is 30.4 Å². The van der Waals surface area contributed by atoms with E-state index in [0.29, 0.717) is 18.0 Å². The second kappa shape index (κ2) is 9.16. The number of hydrogen-bond donors (Lipinski definition) is 2. The van der Waals surface area contributed by atoms with Crippen LogP contribution in [0.25, 0.3) is 11.0 Å². The summed E-state index contributed by atoms with van der Waals surface area (Å²) in [6.07, 6.45) is 1.53. The second-order valence-electron chi connectivity index (χ2n) is 7.06. The molecule has 2 aromatic carbocycles. The molecule has 0 saturated carbocycles. The highest BCUT2D eigenvalue weighted by atomic mass is 35.5. The van der Waals surface area contributed by atoms with Crippen molar-refractivity contribution in [1.82, 2.24) is 19.0 Å². The number of imidazole rings is 1. The number of carbonyl (C=O) groups excluding carboxylic acids is 1. The molecule has 0 bridgehead atoms. The molecule has 1 aromatic heterocycles. The van der Waals surface area contributed by atoms with E-state index in [2.05, 4.69) is 16.6 Å². The number of aryl methyl sites for hydroxylation is 2. The number of amides is 1. The number of halogens is 1. The predicted octanol–water partition coefficient (Wildman–Crippen LogP) is 3.58. The average Bonchev–Trinajstić information content (AvgIpc) is 3.02. The highest BCUT2D eigenvalue weighted by molar-refractivity contribution is 7.88. The van der Waals surface area contributed by atoms with Gasteiger partial charge in [0.2, 0.25) is 0 Å². The lowest BCUT2D eigenvalue weighted by molar-refractivity contribution is 0.0981. The van der Waals surface area contributed by atoms with Gasteiger partial charge in [-0.1, -0.05) is 37.6 Å². The Bertz CT molecular complexity index is 1190. The zero-order valence-corrected chi connectivity index (χ0v) is 18.8. The fraction of sp³-hybridized carbons (Fsp3) is 0.333. The minimum atomic E-state index is -3.90. The van der Waals surface area contributed by atoms with Gasteiger partial charge in [-0.3, -0.25) is 4.79 Å². The Hall–Kier alpha value is -2.42. The minimum absolute atomic E-state index is 0.234. The summed E-state index contributed by atoms with van der Waals surface area (Å²) in [5.41, 5.74) is 3.79. The van der Waals surface area contributed by atoms with Gasteiger partial charge >= 0.3 is 10.2 Å². The molecule has 0 fully saturated rings. The number of fused-ring (bicyclic) bond motifs is 1. The lowest BCUT2D eigenvalue weighted by Crippen LogP contribution is -2.40. The number of carbonyl (C=O) groups is 1. The third kappa shape index (κ3) is 5.00. The molecule has 7 nitrogen and oxygen atoms in total. The first-order valence-corrected chi connectivity index (χ1v) is 11.7. The Morgan fingerprint density at radius 3 is 2.60 bits per heavy atom. The molecule has 0 spiro atoms. The minimum Gasteiger partial charge on any atom is -0.324 e. The van der Waals surface area contributed by atoms with Crippen LogP contribution in [0.4, 0.5) is 0 Å². The lowest BCUT2D eigenvalue weighted by atomic mass is 10.1. The number of hydrogen-bond acceptors (Lipinski definition) is 4. The van der Waals surface area contributed by atoms with Crippen LogP contribution >= 0.6 is 11.6 Å². The van der Waals surface area contributed by atoms with Crippen LogP contribution in [0.1, 0.15) is 47.6 Å². The van der Waals surface area contributed by atoms with Crippen LogP contribution in [0.3, 0.4) is 0 Å². The van der Waals surface area contributed by atoms with E-state index in [1.165, 1.54) is 0 Å². The van der Waals surface area contributed by atoms with E-state index in [9.17, 15) is 13.2 Å². The lowest BCUT2D eigenvalue weighted by Gasteiger charge is -2.11. The molecule has 0 saturated heterocycles. The summed E-state index contributed by atoms with van der Waals surface area (Å²) in [5, 5.41) is 0.678. The van der Waals surface area contributed by atoms with Crippen LogP contribution in [0.2, 0.25) is 5.02 Å². The summed E-state index contributed by atoms with van der Waals surface area (Å²) in [5.74, 6) is 0.0756. The van der Waals surface area contributed by atoms with Gasteiger partial charge in [-0.05, 0) is 55.2 Å². The Balaban J connectivity index is 1.92. The first-order chi connectivity index (χ1) is 14.2. The number of rotatable bonds is 8. The molecule has 0 unspecified atom stereocenters. The van der Waals surface area contributed by atoms with E-state index in [4.69, 9.17) is 11.6 Å². The molecule has 30 heavy (non-hydrogen) atoms. The fourth-order valence-corrected chi connectivity index (χ4v) is 4.32. The smallest absolute Gasteiger partial charge is 0.301 e. The third-order valence-corrected chi connectivity index (χ3v) is 6.21. The van der Waals surface area contributed by atoms with Crippen molar-refractivity contribution >= 4 is 38.8 Å². The summed E-state index contributed by atoms with van der Waals surface area (Å²) in [4.78, 5) is 17.0. The highest BCUT2D eigenvalue weighted by Gasteiger charge is 2.17. The molecular formula is C21H25ClN4O3S. The molecule has 1 amide bonds. The zero-order chi connectivity index (χ0) is 21.9. The second-order valence-corrected chi connectivity index (χ2v) is 8.96.